The summed E-state index contributed by atoms with van der Waals surface area (Å²) in [6.07, 6.45) is 0. The zero-order valence-corrected chi connectivity index (χ0v) is 18.6. The van der Waals surface area contributed by atoms with E-state index in [-0.39, 0.29) is 18.4 Å². The second-order valence-corrected chi connectivity index (χ2v) is 8.11. The third-order valence-electron chi connectivity index (χ3n) is 4.58. The van der Waals surface area contributed by atoms with E-state index in [4.69, 9.17) is 0 Å². The highest BCUT2D eigenvalue weighted by molar-refractivity contribution is 9.10. The lowest BCUT2D eigenvalue weighted by Gasteiger charge is -2.17. The maximum absolute atomic E-state index is 12.3. The highest BCUT2D eigenvalue weighted by Crippen LogP contribution is 2.20. The van der Waals surface area contributed by atoms with E-state index >= 15 is 0 Å². The number of benzene rings is 3. The zero-order valence-electron chi connectivity index (χ0n) is 17.0. The fourth-order valence-electron chi connectivity index (χ4n) is 3.06. The van der Waals surface area contributed by atoms with Crippen molar-refractivity contribution in [2.24, 2.45) is 0 Å². The summed E-state index contributed by atoms with van der Waals surface area (Å²) in [4.78, 5) is 26.6. The molecule has 154 valence electrons. The van der Waals surface area contributed by atoms with Crippen molar-refractivity contribution in [3.8, 4) is 0 Å². The lowest BCUT2D eigenvalue weighted by molar-refractivity contribution is -0.117. The molecule has 0 atom stereocenters. The Bertz CT molecular complexity index is 1020. The van der Waals surface area contributed by atoms with Crippen LogP contribution in [0.5, 0.6) is 0 Å². The van der Waals surface area contributed by atoms with Gasteiger partial charge in [-0.3, -0.25) is 14.5 Å². The number of nitrogens with zero attached hydrogens (tertiary/aromatic N) is 1. The number of anilines is 2. The Kier molecular flexibility index (Phi) is 7.38. The first-order chi connectivity index (χ1) is 14.4. The summed E-state index contributed by atoms with van der Waals surface area (Å²) in [5, 5.41) is 5.82. The number of carbonyl (C=O) groups excluding carboxylic acids is 2. The van der Waals surface area contributed by atoms with E-state index in [1.807, 2.05) is 79.5 Å². The lowest BCUT2D eigenvalue weighted by Crippen LogP contribution is -2.30. The number of halogens is 1. The smallest absolute Gasteiger partial charge is 0.255 e. The molecule has 0 aliphatic carbocycles. The third kappa shape index (κ3) is 6.27. The van der Waals surface area contributed by atoms with Crippen LogP contribution in [0.3, 0.4) is 0 Å². The Labute approximate surface area is 185 Å². The van der Waals surface area contributed by atoms with Gasteiger partial charge >= 0.3 is 0 Å². The molecular weight excluding hydrogens is 442 g/mol. The molecule has 0 fully saturated rings. The van der Waals surface area contributed by atoms with Crippen LogP contribution in [0.4, 0.5) is 11.4 Å². The Morgan fingerprint density at radius 2 is 1.63 bits per heavy atom. The van der Waals surface area contributed by atoms with Crippen molar-refractivity contribution in [3.05, 3.63) is 94.0 Å². The van der Waals surface area contributed by atoms with E-state index < -0.39 is 0 Å². The summed E-state index contributed by atoms with van der Waals surface area (Å²) in [6, 6.07) is 22.5. The minimum atomic E-state index is -0.148. The predicted molar refractivity (Wildman–Crippen MR) is 125 cm³/mol. The summed E-state index contributed by atoms with van der Waals surface area (Å²) >= 11 is 3.42. The molecule has 2 N–H and O–H groups in total. The molecule has 3 aromatic rings. The number of rotatable bonds is 7. The maximum atomic E-state index is 12.3. The normalized spacial score (nSPS) is 10.7. The number of likely N-dealkylation sites (N-methyl/N-ethyl adjacent to an activating group) is 1. The molecule has 0 aromatic heterocycles. The van der Waals surface area contributed by atoms with Crippen LogP contribution in [0.1, 0.15) is 21.5 Å². The average molecular weight is 466 g/mol. The molecule has 3 rings (SSSR count). The SMILES string of the molecule is Cc1cc(Br)ccc1NC(=O)CN(C)Cc1ccc(C(=O)Nc2ccccc2)cc1. The second-order valence-electron chi connectivity index (χ2n) is 7.20. The van der Waals surface area contributed by atoms with Gasteiger partial charge in [-0.1, -0.05) is 46.3 Å². The summed E-state index contributed by atoms with van der Waals surface area (Å²) in [7, 11) is 1.89. The summed E-state index contributed by atoms with van der Waals surface area (Å²) in [5.74, 6) is -0.216. The number of amides is 2. The van der Waals surface area contributed by atoms with Gasteiger partial charge in [-0.2, -0.15) is 0 Å². The molecule has 0 radical (unpaired) electrons. The van der Waals surface area contributed by atoms with Gasteiger partial charge in [-0.05, 0) is 67.6 Å². The van der Waals surface area contributed by atoms with Crippen molar-refractivity contribution < 1.29 is 9.59 Å². The monoisotopic (exact) mass is 465 g/mol. The highest BCUT2D eigenvalue weighted by atomic mass is 79.9. The molecule has 0 aliphatic heterocycles. The molecule has 2 amide bonds. The fourth-order valence-corrected chi connectivity index (χ4v) is 3.53. The Hall–Kier alpha value is -2.96. The van der Waals surface area contributed by atoms with Gasteiger partial charge in [0, 0.05) is 28.0 Å². The highest BCUT2D eigenvalue weighted by Gasteiger charge is 2.10. The van der Waals surface area contributed by atoms with Crippen molar-refractivity contribution in [2.75, 3.05) is 24.2 Å². The third-order valence-corrected chi connectivity index (χ3v) is 5.07. The van der Waals surface area contributed by atoms with E-state index in [2.05, 4.69) is 26.6 Å². The van der Waals surface area contributed by atoms with Crippen LogP contribution in [-0.2, 0) is 11.3 Å². The number of nitrogens with one attached hydrogen (secondary N) is 2. The van der Waals surface area contributed by atoms with Crippen LogP contribution in [0.15, 0.2) is 77.3 Å². The van der Waals surface area contributed by atoms with E-state index in [0.717, 1.165) is 27.0 Å². The number of aryl methyl sites for hydroxylation is 1. The largest absolute Gasteiger partial charge is 0.325 e. The molecule has 6 heteroatoms. The van der Waals surface area contributed by atoms with Crippen LogP contribution < -0.4 is 10.6 Å². The molecule has 3 aromatic carbocycles. The molecule has 0 spiro atoms. The first-order valence-electron chi connectivity index (χ1n) is 9.60. The molecule has 5 nitrogen and oxygen atoms in total. The van der Waals surface area contributed by atoms with Gasteiger partial charge in [0.1, 0.15) is 0 Å². The quantitative estimate of drug-likeness (QED) is 0.511. The Morgan fingerprint density at radius 1 is 0.933 bits per heavy atom. The van der Waals surface area contributed by atoms with E-state index in [0.29, 0.717) is 12.1 Å². The van der Waals surface area contributed by atoms with E-state index in [1.54, 1.807) is 12.1 Å². The summed E-state index contributed by atoms with van der Waals surface area (Å²) < 4.78 is 0.982. The van der Waals surface area contributed by atoms with Crippen LogP contribution in [0.25, 0.3) is 0 Å². The Morgan fingerprint density at radius 3 is 2.30 bits per heavy atom. The summed E-state index contributed by atoms with van der Waals surface area (Å²) in [6.45, 7) is 2.83. The minimum Gasteiger partial charge on any atom is -0.325 e. The van der Waals surface area contributed by atoms with Crippen molar-refractivity contribution in [3.63, 3.8) is 0 Å². The molecule has 0 unspecified atom stereocenters. The molecular formula is C24H24BrN3O2. The van der Waals surface area contributed by atoms with Crippen molar-refractivity contribution in [1.82, 2.24) is 4.90 Å². The van der Waals surface area contributed by atoms with Crippen LogP contribution in [0, 0.1) is 6.92 Å². The Balaban J connectivity index is 1.52. The number of carbonyl (C=O) groups is 2. The standard InChI is InChI=1S/C24H24BrN3O2/c1-17-14-20(25)12-13-22(17)27-23(29)16-28(2)15-18-8-10-19(11-9-18)24(30)26-21-6-4-3-5-7-21/h3-14H,15-16H2,1-2H3,(H,26,30)(H,27,29). The van der Waals surface area contributed by atoms with Crippen LogP contribution in [0.2, 0.25) is 0 Å². The van der Waals surface area contributed by atoms with Gasteiger partial charge in [0.25, 0.3) is 5.91 Å². The average Bonchev–Trinajstić information content (AvgIpc) is 2.71. The van der Waals surface area contributed by atoms with Crippen molar-refractivity contribution in [1.29, 1.82) is 0 Å². The lowest BCUT2D eigenvalue weighted by atomic mass is 10.1. The van der Waals surface area contributed by atoms with Crippen molar-refractivity contribution in [2.45, 2.75) is 13.5 Å². The molecule has 30 heavy (non-hydrogen) atoms. The van der Waals surface area contributed by atoms with Gasteiger partial charge in [0.05, 0.1) is 6.54 Å². The second kappa shape index (κ2) is 10.2. The van der Waals surface area contributed by atoms with Gasteiger partial charge in [-0.25, -0.2) is 0 Å². The van der Waals surface area contributed by atoms with Gasteiger partial charge in [-0.15, -0.1) is 0 Å². The molecule has 0 saturated carbocycles. The van der Waals surface area contributed by atoms with Gasteiger partial charge in [0.15, 0.2) is 0 Å². The molecule has 0 heterocycles. The fraction of sp³-hybridized carbons (Fsp3) is 0.167. The van der Waals surface area contributed by atoms with E-state index in [1.165, 1.54) is 0 Å². The first kappa shape index (κ1) is 21.7. The molecule has 0 aliphatic rings. The molecule has 0 bridgehead atoms. The van der Waals surface area contributed by atoms with Gasteiger partial charge in [0.2, 0.25) is 5.91 Å². The van der Waals surface area contributed by atoms with Crippen molar-refractivity contribution >= 4 is 39.1 Å². The van der Waals surface area contributed by atoms with E-state index in [9.17, 15) is 9.59 Å². The number of para-hydroxylation sites is 1. The molecule has 0 saturated heterocycles. The predicted octanol–water partition coefficient (Wildman–Crippen LogP) is 5.08. The number of hydrogen-bond donors (Lipinski definition) is 2. The van der Waals surface area contributed by atoms with Crippen LogP contribution in [-0.4, -0.2) is 30.3 Å². The minimum absolute atomic E-state index is 0.0678. The number of hydrogen-bond acceptors (Lipinski definition) is 3. The maximum Gasteiger partial charge on any atom is 0.255 e. The summed E-state index contributed by atoms with van der Waals surface area (Å²) in [5.41, 5.74) is 4.20. The van der Waals surface area contributed by atoms with Gasteiger partial charge < -0.3 is 10.6 Å². The zero-order chi connectivity index (χ0) is 21.5. The topological polar surface area (TPSA) is 61.4 Å². The first-order valence-corrected chi connectivity index (χ1v) is 10.4. The van der Waals surface area contributed by atoms with Crippen LogP contribution >= 0.6 is 15.9 Å².